The van der Waals surface area contributed by atoms with Gasteiger partial charge in [-0.2, -0.15) is 0 Å². The molecule has 1 aliphatic heterocycles. The first kappa shape index (κ1) is 15.1. The van der Waals surface area contributed by atoms with Crippen molar-refractivity contribution in [3.8, 4) is 0 Å². The molecule has 1 amide bonds. The van der Waals surface area contributed by atoms with E-state index in [0.29, 0.717) is 17.2 Å². The van der Waals surface area contributed by atoms with Gasteiger partial charge in [0.1, 0.15) is 34.3 Å². The number of nitrogens with zero attached hydrogens (tertiary/aromatic N) is 3. The van der Waals surface area contributed by atoms with Gasteiger partial charge in [-0.1, -0.05) is 11.6 Å². The molecule has 0 bridgehead atoms. The lowest BCUT2D eigenvalue weighted by molar-refractivity contribution is 0.0920. The zero-order valence-electron chi connectivity index (χ0n) is 13.1. The minimum Gasteiger partial charge on any atom is -0.336 e. The highest BCUT2D eigenvalue weighted by molar-refractivity contribution is 6.29. The number of pyridine rings is 1. The lowest BCUT2D eigenvalue weighted by Crippen LogP contribution is -2.45. The Bertz CT molecular complexity index is 902. The maximum atomic E-state index is 13.0. The van der Waals surface area contributed by atoms with Crippen molar-refractivity contribution < 1.29 is 4.79 Å². The van der Waals surface area contributed by atoms with Gasteiger partial charge in [0.25, 0.3) is 11.5 Å². The summed E-state index contributed by atoms with van der Waals surface area (Å²) in [6.07, 6.45) is 4.85. The van der Waals surface area contributed by atoms with Crippen LogP contribution in [0.3, 0.4) is 0 Å². The Morgan fingerprint density at radius 2 is 2.00 bits per heavy atom. The SMILES string of the molecule is Cc1cc(Nc2cc(Cl)ncn2)c(=O)n2c1C(=O)NC21CCCC1. The predicted octanol–water partition coefficient (Wildman–Crippen LogP) is 2.31. The third kappa shape index (κ3) is 2.19. The lowest BCUT2D eigenvalue weighted by atomic mass is 10.1. The summed E-state index contributed by atoms with van der Waals surface area (Å²) in [7, 11) is 0. The molecular weight excluding hydrogens is 330 g/mol. The van der Waals surface area contributed by atoms with E-state index in [9.17, 15) is 9.59 Å². The molecule has 3 heterocycles. The molecule has 2 aliphatic rings. The number of aryl methyl sites for hydroxylation is 1. The Hall–Kier alpha value is -2.41. The van der Waals surface area contributed by atoms with Crippen LogP contribution >= 0.6 is 11.6 Å². The van der Waals surface area contributed by atoms with Crippen molar-refractivity contribution in [1.82, 2.24) is 19.9 Å². The minimum absolute atomic E-state index is 0.178. The van der Waals surface area contributed by atoms with Crippen molar-refractivity contribution in [2.45, 2.75) is 38.3 Å². The summed E-state index contributed by atoms with van der Waals surface area (Å²) in [6.45, 7) is 1.83. The number of rotatable bonds is 2. The van der Waals surface area contributed by atoms with Crippen LogP contribution in [-0.2, 0) is 5.66 Å². The highest BCUT2D eigenvalue weighted by atomic mass is 35.5. The van der Waals surface area contributed by atoms with E-state index < -0.39 is 5.66 Å². The van der Waals surface area contributed by atoms with Crippen molar-refractivity contribution in [1.29, 1.82) is 0 Å². The first-order valence-electron chi connectivity index (χ1n) is 7.84. The standard InChI is InChI=1S/C16H16ClN5O2/c1-9-6-10(20-12-7-11(17)18-8-19-12)15(24)22-13(9)14(23)21-16(22)4-2-3-5-16/h6-8H,2-5H2,1H3,(H,21,23)(H,18,19,20). The van der Waals surface area contributed by atoms with E-state index in [-0.39, 0.29) is 16.6 Å². The summed E-state index contributed by atoms with van der Waals surface area (Å²) in [4.78, 5) is 33.3. The molecule has 124 valence electrons. The molecule has 2 N–H and O–H groups in total. The zero-order valence-corrected chi connectivity index (χ0v) is 13.9. The number of hydrogen-bond acceptors (Lipinski definition) is 5. The number of amides is 1. The first-order chi connectivity index (χ1) is 11.5. The minimum atomic E-state index is -0.588. The summed E-state index contributed by atoms with van der Waals surface area (Å²) < 4.78 is 1.63. The summed E-state index contributed by atoms with van der Waals surface area (Å²) in [5.41, 5.74) is 0.751. The van der Waals surface area contributed by atoms with Gasteiger partial charge in [0.15, 0.2) is 0 Å². The second kappa shape index (κ2) is 5.31. The van der Waals surface area contributed by atoms with Gasteiger partial charge in [0.2, 0.25) is 0 Å². The molecule has 0 saturated heterocycles. The van der Waals surface area contributed by atoms with Crippen LogP contribution in [0.15, 0.2) is 23.3 Å². The van der Waals surface area contributed by atoms with Gasteiger partial charge < -0.3 is 10.6 Å². The summed E-state index contributed by atoms with van der Waals surface area (Å²) >= 11 is 5.86. The first-order valence-corrected chi connectivity index (χ1v) is 8.22. The number of carbonyl (C=O) groups excluding carboxylic acids is 1. The maximum absolute atomic E-state index is 13.0. The Balaban J connectivity index is 1.85. The number of fused-ring (bicyclic) bond motifs is 2. The quantitative estimate of drug-likeness (QED) is 0.815. The van der Waals surface area contributed by atoms with Gasteiger partial charge in [-0.05, 0) is 44.2 Å². The molecule has 8 heteroatoms. The molecule has 4 rings (SSSR count). The molecule has 2 aromatic heterocycles. The highest BCUT2D eigenvalue weighted by Crippen LogP contribution is 2.38. The van der Waals surface area contributed by atoms with Gasteiger partial charge >= 0.3 is 0 Å². The average molecular weight is 346 g/mol. The van der Waals surface area contributed by atoms with E-state index in [0.717, 1.165) is 31.2 Å². The topological polar surface area (TPSA) is 88.9 Å². The molecule has 24 heavy (non-hydrogen) atoms. The monoisotopic (exact) mass is 345 g/mol. The van der Waals surface area contributed by atoms with E-state index in [1.54, 1.807) is 16.7 Å². The van der Waals surface area contributed by atoms with Gasteiger partial charge in [-0.3, -0.25) is 14.2 Å². The van der Waals surface area contributed by atoms with Crippen LogP contribution in [-0.4, -0.2) is 20.4 Å². The average Bonchev–Trinajstić information content (AvgIpc) is 3.10. The number of carbonyl (C=O) groups is 1. The fraction of sp³-hybridized carbons (Fsp3) is 0.375. The number of anilines is 2. The molecule has 0 atom stereocenters. The number of nitrogens with one attached hydrogen (secondary N) is 2. The summed E-state index contributed by atoms with van der Waals surface area (Å²) in [6, 6.07) is 3.22. The summed E-state index contributed by atoms with van der Waals surface area (Å²) in [5, 5.41) is 6.31. The Morgan fingerprint density at radius 1 is 1.25 bits per heavy atom. The van der Waals surface area contributed by atoms with Gasteiger partial charge in [-0.15, -0.1) is 0 Å². The molecule has 7 nitrogen and oxygen atoms in total. The fourth-order valence-corrected chi connectivity index (χ4v) is 3.85. The van der Waals surface area contributed by atoms with Crippen molar-refractivity contribution in [3.63, 3.8) is 0 Å². The van der Waals surface area contributed by atoms with Gasteiger partial charge in [-0.25, -0.2) is 9.97 Å². The predicted molar refractivity (Wildman–Crippen MR) is 89.7 cm³/mol. The van der Waals surface area contributed by atoms with Crippen LogP contribution in [0.2, 0.25) is 5.15 Å². The lowest BCUT2D eigenvalue weighted by Gasteiger charge is -2.26. The normalized spacial score (nSPS) is 17.8. The summed E-state index contributed by atoms with van der Waals surface area (Å²) in [5.74, 6) is 0.257. The van der Waals surface area contributed by atoms with E-state index in [2.05, 4.69) is 20.6 Å². The number of hydrogen-bond donors (Lipinski definition) is 2. The van der Waals surface area contributed by atoms with Crippen LogP contribution in [0.5, 0.6) is 0 Å². The van der Waals surface area contributed by atoms with E-state index in [4.69, 9.17) is 11.6 Å². The number of halogens is 1. The molecule has 0 unspecified atom stereocenters. The number of aromatic nitrogens is 3. The largest absolute Gasteiger partial charge is 0.336 e. The second-order valence-electron chi connectivity index (χ2n) is 6.27. The van der Waals surface area contributed by atoms with Crippen LogP contribution in [0.25, 0.3) is 0 Å². The Morgan fingerprint density at radius 3 is 2.71 bits per heavy atom. The highest BCUT2D eigenvalue weighted by Gasteiger charge is 2.46. The third-order valence-corrected chi connectivity index (χ3v) is 4.91. The smallest absolute Gasteiger partial charge is 0.276 e. The third-order valence-electron chi connectivity index (χ3n) is 4.71. The van der Waals surface area contributed by atoms with E-state index in [1.165, 1.54) is 6.33 Å². The van der Waals surface area contributed by atoms with Crippen molar-refractivity contribution in [2.75, 3.05) is 5.32 Å². The van der Waals surface area contributed by atoms with E-state index >= 15 is 0 Å². The molecule has 2 aromatic rings. The van der Waals surface area contributed by atoms with Gasteiger partial charge in [0, 0.05) is 6.07 Å². The van der Waals surface area contributed by atoms with Crippen molar-refractivity contribution in [2.24, 2.45) is 0 Å². The molecule has 0 radical (unpaired) electrons. The van der Waals surface area contributed by atoms with Crippen molar-refractivity contribution >= 4 is 29.0 Å². The molecule has 1 fully saturated rings. The molecular formula is C16H16ClN5O2. The van der Waals surface area contributed by atoms with Crippen LogP contribution in [0.1, 0.15) is 41.7 Å². The van der Waals surface area contributed by atoms with Crippen LogP contribution in [0, 0.1) is 6.92 Å². The van der Waals surface area contributed by atoms with Crippen LogP contribution < -0.4 is 16.2 Å². The Labute approximate surface area is 143 Å². The Kier molecular flexibility index (Phi) is 3.35. The second-order valence-corrected chi connectivity index (χ2v) is 6.66. The van der Waals surface area contributed by atoms with Crippen molar-refractivity contribution in [3.05, 3.63) is 45.2 Å². The molecule has 1 aliphatic carbocycles. The zero-order chi connectivity index (χ0) is 16.9. The van der Waals surface area contributed by atoms with Gasteiger partial charge in [0.05, 0.1) is 0 Å². The maximum Gasteiger partial charge on any atom is 0.276 e. The fourth-order valence-electron chi connectivity index (χ4n) is 3.70. The van der Waals surface area contributed by atoms with E-state index in [1.807, 2.05) is 6.92 Å². The molecule has 1 saturated carbocycles. The molecule has 1 spiro atoms. The van der Waals surface area contributed by atoms with Crippen LogP contribution in [0.4, 0.5) is 11.5 Å². The molecule has 0 aromatic carbocycles.